The molecule has 3 aliphatic heterocycles. The van der Waals surface area contributed by atoms with Gasteiger partial charge in [0, 0.05) is 55.0 Å². The smallest absolute Gasteiger partial charge is 0.153 e. The van der Waals surface area contributed by atoms with E-state index in [0.29, 0.717) is 47.1 Å². The lowest BCUT2D eigenvalue weighted by molar-refractivity contribution is 0.0973. The molecule has 2 atom stereocenters. The third kappa shape index (κ3) is 5.04. The van der Waals surface area contributed by atoms with Gasteiger partial charge in [-0.1, -0.05) is 23.4 Å². The van der Waals surface area contributed by atoms with Gasteiger partial charge in [-0.2, -0.15) is 0 Å². The molecular weight excluding hydrogens is 536 g/mol. The number of anilines is 2. The van der Waals surface area contributed by atoms with Crippen molar-refractivity contribution >= 4 is 44.8 Å². The van der Waals surface area contributed by atoms with E-state index in [2.05, 4.69) is 9.88 Å². The monoisotopic (exact) mass is 568 g/mol. The van der Waals surface area contributed by atoms with E-state index in [1.807, 2.05) is 18.7 Å². The van der Waals surface area contributed by atoms with E-state index in [-0.39, 0.29) is 24.2 Å². The minimum atomic E-state index is -3.09. The van der Waals surface area contributed by atoms with Gasteiger partial charge in [-0.3, -0.25) is 0 Å². The Labute approximate surface area is 226 Å². The number of halogens is 1. The summed E-state index contributed by atoms with van der Waals surface area (Å²) in [5, 5.41) is 10.8. The summed E-state index contributed by atoms with van der Waals surface area (Å²) in [6.07, 6.45) is 4.80. The summed E-state index contributed by atoms with van der Waals surface area (Å²) in [6, 6.07) is 1.83. The van der Waals surface area contributed by atoms with Gasteiger partial charge < -0.3 is 25.4 Å². The summed E-state index contributed by atoms with van der Waals surface area (Å²) >= 11 is 8.05. The Morgan fingerprint density at radius 2 is 1.95 bits per heavy atom. The van der Waals surface area contributed by atoms with Crippen LogP contribution >= 0.6 is 23.4 Å². The zero-order valence-electron chi connectivity index (χ0n) is 21.2. The van der Waals surface area contributed by atoms with Crippen LogP contribution < -0.4 is 15.5 Å². The largest absolute Gasteiger partial charge is 0.390 e. The molecule has 37 heavy (non-hydrogen) atoms. The van der Waals surface area contributed by atoms with Gasteiger partial charge in [-0.25, -0.2) is 23.4 Å². The van der Waals surface area contributed by atoms with Crippen LogP contribution in [0.2, 0.25) is 5.02 Å². The van der Waals surface area contributed by atoms with Gasteiger partial charge in [-0.05, 0) is 32.8 Å². The van der Waals surface area contributed by atoms with Crippen molar-refractivity contribution in [2.45, 2.75) is 60.6 Å². The van der Waals surface area contributed by atoms with Gasteiger partial charge in [0.15, 0.2) is 15.7 Å². The maximum atomic E-state index is 11.8. The first-order valence-electron chi connectivity index (χ1n) is 12.4. The molecule has 5 heterocycles. The van der Waals surface area contributed by atoms with Gasteiger partial charge in [-0.15, -0.1) is 0 Å². The predicted octanol–water partition coefficient (Wildman–Crippen LogP) is 2.04. The van der Waals surface area contributed by atoms with Crippen molar-refractivity contribution < 1.29 is 18.3 Å². The van der Waals surface area contributed by atoms with Crippen molar-refractivity contribution in [1.29, 1.82) is 0 Å². The maximum Gasteiger partial charge on any atom is 0.153 e. The summed E-state index contributed by atoms with van der Waals surface area (Å²) in [6.45, 7) is 6.70. The normalized spacial score (nSPS) is 24.1. The average molecular weight is 569 g/mol. The summed E-state index contributed by atoms with van der Waals surface area (Å²) in [5.41, 5.74) is 7.73. The molecule has 3 N–H and O–H groups in total. The number of ether oxygens (including phenoxy) is 1. The lowest BCUT2D eigenvalue weighted by Crippen LogP contribution is -2.55. The zero-order chi connectivity index (χ0) is 26.5. The summed E-state index contributed by atoms with van der Waals surface area (Å²) < 4.78 is 29.4. The Balaban J connectivity index is 1.32. The van der Waals surface area contributed by atoms with Crippen LogP contribution in [0.5, 0.6) is 0 Å². The molecule has 0 aliphatic carbocycles. The zero-order valence-corrected chi connectivity index (χ0v) is 23.6. The van der Waals surface area contributed by atoms with E-state index in [9.17, 15) is 13.5 Å². The summed E-state index contributed by atoms with van der Waals surface area (Å²) in [4.78, 5) is 18.8. The second-order valence-corrected chi connectivity index (χ2v) is 14.1. The number of aryl methyl sites for hydroxylation is 1. The van der Waals surface area contributed by atoms with E-state index in [4.69, 9.17) is 32.0 Å². The fraction of sp³-hybridized carbons (Fsp3) is 0.625. The first-order valence-corrected chi connectivity index (χ1v) is 15.5. The van der Waals surface area contributed by atoms with Crippen molar-refractivity contribution in [2.75, 3.05) is 48.8 Å². The number of hydrogen-bond donors (Lipinski definition) is 2. The van der Waals surface area contributed by atoms with E-state index >= 15 is 0 Å². The molecule has 10 nitrogen and oxygen atoms in total. The molecule has 3 saturated heterocycles. The molecule has 0 aromatic carbocycles. The van der Waals surface area contributed by atoms with Gasteiger partial charge in [0.1, 0.15) is 16.5 Å². The predicted molar refractivity (Wildman–Crippen MR) is 144 cm³/mol. The van der Waals surface area contributed by atoms with Crippen LogP contribution in [0.25, 0.3) is 0 Å². The highest BCUT2D eigenvalue weighted by Crippen LogP contribution is 2.43. The van der Waals surface area contributed by atoms with Crippen molar-refractivity contribution in [3.05, 3.63) is 28.7 Å². The molecule has 1 spiro atoms. The first-order chi connectivity index (χ1) is 17.5. The van der Waals surface area contributed by atoms with E-state index in [1.165, 1.54) is 18.0 Å². The second kappa shape index (κ2) is 10.1. The Bertz CT molecular complexity index is 1280. The lowest BCUT2D eigenvalue weighted by Gasteiger charge is -2.42. The molecule has 2 aromatic rings. The number of aromatic nitrogens is 3. The second-order valence-electron chi connectivity index (χ2n) is 10.3. The highest BCUT2D eigenvalue weighted by molar-refractivity contribution is 7.99. The Kier molecular flexibility index (Phi) is 7.36. The lowest BCUT2D eigenvalue weighted by atomic mass is 9.73. The van der Waals surface area contributed by atoms with Crippen LogP contribution in [-0.4, -0.2) is 84.9 Å². The molecule has 202 valence electrons. The van der Waals surface area contributed by atoms with Crippen molar-refractivity contribution in [2.24, 2.45) is 11.1 Å². The van der Waals surface area contributed by atoms with Crippen LogP contribution in [0.3, 0.4) is 0 Å². The summed E-state index contributed by atoms with van der Waals surface area (Å²) in [5.74, 6) is 1.26. The van der Waals surface area contributed by atoms with Crippen LogP contribution in [0.1, 0.15) is 31.2 Å². The number of pyridine rings is 1. The topological polar surface area (TPSA) is 135 Å². The minimum Gasteiger partial charge on any atom is -0.390 e. The minimum absolute atomic E-state index is 0.00115. The van der Waals surface area contributed by atoms with Crippen molar-refractivity contribution in [3.63, 3.8) is 0 Å². The molecular formula is C24H33ClN6O4S2. The molecule has 0 bridgehead atoms. The molecule has 0 amide bonds. The van der Waals surface area contributed by atoms with Gasteiger partial charge in [0.2, 0.25) is 0 Å². The third-order valence-corrected chi connectivity index (χ3v) is 11.1. The average Bonchev–Trinajstić information content (AvgIpc) is 3.09. The molecule has 5 rings (SSSR count). The van der Waals surface area contributed by atoms with Gasteiger partial charge >= 0.3 is 0 Å². The highest BCUT2D eigenvalue weighted by atomic mass is 35.5. The van der Waals surface area contributed by atoms with Crippen molar-refractivity contribution in [3.8, 4) is 0 Å². The number of hydrogen-bond acceptors (Lipinski definition) is 11. The van der Waals surface area contributed by atoms with Gasteiger partial charge in [0.05, 0.1) is 35.3 Å². The molecule has 0 unspecified atom stereocenters. The molecule has 0 radical (unpaired) electrons. The fourth-order valence-corrected chi connectivity index (χ4v) is 7.43. The Hall–Kier alpha value is -1.70. The standard InChI is InChI=1S/C24H33ClN6O4S2/c1-14-23(36-18-4-7-27-22(19(18)25)31-10-16(11-31)37(3,33)34)29-17(12-32)21(28-14)30-8-5-24(6-9-30)13-35-15(2)20(24)26/h4,7,15-16,20,32H,5-6,8-13,26H2,1-3H3/t15-,20+/m0/s1. The number of rotatable bonds is 6. The highest BCUT2D eigenvalue weighted by Gasteiger charge is 2.47. The number of piperidine rings is 1. The van der Waals surface area contributed by atoms with E-state index in [0.717, 1.165) is 36.5 Å². The number of aliphatic hydroxyl groups is 1. The summed E-state index contributed by atoms with van der Waals surface area (Å²) in [7, 11) is -3.09. The molecule has 3 fully saturated rings. The number of nitrogens with zero attached hydrogens (tertiary/aromatic N) is 5. The van der Waals surface area contributed by atoms with Gasteiger partial charge in [0.25, 0.3) is 0 Å². The number of nitrogens with two attached hydrogens (primary N) is 1. The Morgan fingerprint density at radius 3 is 2.54 bits per heavy atom. The Morgan fingerprint density at radius 1 is 1.24 bits per heavy atom. The fourth-order valence-electron chi connectivity index (χ4n) is 5.32. The van der Waals surface area contributed by atoms with E-state index in [1.54, 1.807) is 12.3 Å². The van der Waals surface area contributed by atoms with Crippen LogP contribution in [-0.2, 0) is 21.2 Å². The number of sulfone groups is 1. The molecule has 13 heteroatoms. The van der Waals surface area contributed by atoms with E-state index < -0.39 is 15.1 Å². The first kappa shape index (κ1) is 26.9. The SMILES string of the molecule is Cc1nc(N2CCC3(CC2)CO[C@@H](C)[C@H]3N)c(CO)nc1Sc1ccnc(N2CC(S(C)(=O)=O)C2)c1Cl. The molecule has 0 saturated carbocycles. The third-order valence-electron chi connectivity index (χ3n) is 7.93. The quantitative estimate of drug-likeness (QED) is 0.530. The number of aliphatic hydroxyl groups excluding tert-OH is 1. The van der Waals surface area contributed by atoms with Crippen LogP contribution in [0.15, 0.2) is 22.2 Å². The van der Waals surface area contributed by atoms with Crippen molar-refractivity contribution in [1.82, 2.24) is 15.0 Å². The molecule has 3 aliphatic rings. The van der Waals surface area contributed by atoms with Crippen LogP contribution in [0, 0.1) is 12.3 Å². The van der Waals surface area contributed by atoms with Crippen LogP contribution in [0.4, 0.5) is 11.6 Å². The maximum absolute atomic E-state index is 11.8. The molecule has 2 aromatic heterocycles.